The molecule has 0 amide bonds. The zero-order valence-electron chi connectivity index (χ0n) is 15.7. The van der Waals surface area contributed by atoms with Crippen LogP contribution in [0.15, 0.2) is 52.0 Å². The van der Waals surface area contributed by atoms with E-state index in [9.17, 15) is 14.0 Å². The van der Waals surface area contributed by atoms with Crippen LogP contribution in [0.3, 0.4) is 0 Å². The predicted octanol–water partition coefficient (Wildman–Crippen LogP) is 3.43. The molecule has 3 rings (SSSR count). The van der Waals surface area contributed by atoms with Crippen molar-refractivity contribution in [3.8, 4) is 5.75 Å². The highest BCUT2D eigenvalue weighted by atomic mass is 79.9. The fourth-order valence-corrected chi connectivity index (χ4v) is 3.25. The molecule has 0 saturated heterocycles. The van der Waals surface area contributed by atoms with E-state index in [-0.39, 0.29) is 24.7 Å². The van der Waals surface area contributed by atoms with Crippen LogP contribution < -0.4 is 10.3 Å². The Labute approximate surface area is 174 Å². The van der Waals surface area contributed by atoms with Crippen molar-refractivity contribution >= 4 is 32.8 Å². The third kappa shape index (κ3) is 4.46. The molecular formula is C20H18BrFN2O5. The number of ether oxygens (including phenoxy) is 3. The minimum Gasteiger partial charge on any atom is -0.467 e. The van der Waals surface area contributed by atoms with Gasteiger partial charge >= 0.3 is 5.97 Å². The van der Waals surface area contributed by atoms with Gasteiger partial charge in [0.05, 0.1) is 23.8 Å². The van der Waals surface area contributed by atoms with E-state index in [1.807, 2.05) is 0 Å². The summed E-state index contributed by atoms with van der Waals surface area (Å²) in [7, 11) is 1.43. The summed E-state index contributed by atoms with van der Waals surface area (Å²) in [5.41, 5.74) is 0.113. The summed E-state index contributed by atoms with van der Waals surface area (Å²) in [6.45, 7) is 1.60. The van der Waals surface area contributed by atoms with Crippen LogP contribution >= 0.6 is 15.9 Å². The highest BCUT2D eigenvalue weighted by Gasteiger charge is 2.29. The van der Waals surface area contributed by atoms with Gasteiger partial charge in [-0.05, 0) is 43.3 Å². The Morgan fingerprint density at radius 3 is 2.79 bits per heavy atom. The van der Waals surface area contributed by atoms with E-state index in [1.165, 1.54) is 25.6 Å². The third-order valence-corrected chi connectivity index (χ3v) is 4.62. The first-order valence-electron chi connectivity index (χ1n) is 8.70. The van der Waals surface area contributed by atoms with Crippen molar-refractivity contribution in [2.75, 3.05) is 20.5 Å². The van der Waals surface area contributed by atoms with Gasteiger partial charge < -0.3 is 14.2 Å². The molecule has 3 aromatic rings. The van der Waals surface area contributed by atoms with E-state index in [1.54, 1.807) is 25.1 Å². The molecule has 152 valence electrons. The largest absolute Gasteiger partial charge is 0.467 e. The molecule has 0 bridgehead atoms. The summed E-state index contributed by atoms with van der Waals surface area (Å²) in [5, 5.41) is 0.298. The van der Waals surface area contributed by atoms with E-state index >= 15 is 0 Å². The van der Waals surface area contributed by atoms with Crippen molar-refractivity contribution in [1.82, 2.24) is 9.55 Å². The molecular weight excluding hydrogens is 447 g/mol. The maximum atomic E-state index is 14.1. The van der Waals surface area contributed by atoms with Gasteiger partial charge in [-0.3, -0.25) is 9.36 Å². The van der Waals surface area contributed by atoms with Crippen LogP contribution in [0.1, 0.15) is 18.5 Å². The molecule has 9 heteroatoms. The van der Waals surface area contributed by atoms with Gasteiger partial charge in [0.25, 0.3) is 5.56 Å². The summed E-state index contributed by atoms with van der Waals surface area (Å²) in [5.74, 6) is -1.14. The van der Waals surface area contributed by atoms with Gasteiger partial charge in [0.1, 0.15) is 11.6 Å². The number of fused-ring (bicyclic) bond motifs is 1. The minimum atomic E-state index is -1.29. The van der Waals surface area contributed by atoms with Crippen LogP contribution in [-0.2, 0) is 14.3 Å². The highest BCUT2D eigenvalue weighted by Crippen LogP contribution is 2.30. The average molecular weight is 465 g/mol. The summed E-state index contributed by atoms with van der Waals surface area (Å²) >= 11 is 3.33. The number of hydrogen-bond acceptors (Lipinski definition) is 6. The van der Waals surface area contributed by atoms with Crippen LogP contribution in [-0.4, -0.2) is 36.0 Å². The lowest BCUT2D eigenvalue weighted by atomic mass is 10.0. The van der Waals surface area contributed by atoms with Gasteiger partial charge in [-0.15, -0.1) is 0 Å². The number of halogens is 2. The quantitative estimate of drug-likeness (QED) is 0.393. The fourth-order valence-electron chi connectivity index (χ4n) is 2.89. The molecule has 7 nitrogen and oxygen atoms in total. The molecule has 0 aliphatic carbocycles. The van der Waals surface area contributed by atoms with Gasteiger partial charge in [0.15, 0.2) is 12.8 Å². The molecule has 0 fully saturated rings. The van der Waals surface area contributed by atoms with E-state index in [0.717, 1.165) is 10.6 Å². The number of benzene rings is 2. The summed E-state index contributed by atoms with van der Waals surface area (Å²) in [6, 6.07) is 7.44. The van der Waals surface area contributed by atoms with Crippen molar-refractivity contribution in [2.24, 2.45) is 0 Å². The second-order valence-electron chi connectivity index (χ2n) is 6.01. The van der Waals surface area contributed by atoms with E-state index in [2.05, 4.69) is 20.9 Å². The first kappa shape index (κ1) is 20.9. The Hall–Kier alpha value is -2.78. The highest BCUT2D eigenvalue weighted by molar-refractivity contribution is 9.10. The zero-order valence-corrected chi connectivity index (χ0v) is 17.3. The Bertz CT molecular complexity index is 1100. The van der Waals surface area contributed by atoms with Gasteiger partial charge in [-0.25, -0.2) is 14.2 Å². The number of aromatic nitrogens is 2. The molecule has 0 N–H and O–H groups in total. The molecule has 0 radical (unpaired) electrons. The van der Waals surface area contributed by atoms with Crippen LogP contribution in [0, 0.1) is 5.82 Å². The topological polar surface area (TPSA) is 79.7 Å². The molecule has 29 heavy (non-hydrogen) atoms. The Kier molecular flexibility index (Phi) is 6.60. The normalized spacial score (nSPS) is 12.0. The Morgan fingerprint density at radius 1 is 1.28 bits per heavy atom. The second kappa shape index (κ2) is 9.15. The van der Waals surface area contributed by atoms with Crippen molar-refractivity contribution in [1.29, 1.82) is 0 Å². The zero-order chi connectivity index (χ0) is 21.0. The first-order chi connectivity index (χ1) is 14.0. The van der Waals surface area contributed by atoms with Crippen molar-refractivity contribution in [2.45, 2.75) is 13.0 Å². The van der Waals surface area contributed by atoms with Gasteiger partial charge in [-0.2, -0.15) is 0 Å². The molecule has 0 aliphatic rings. The number of carbonyl (C=O) groups excluding carboxylic acids is 1. The summed E-state index contributed by atoms with van der Waals surface area (Å²) < 4.78 is 31.4. The average Bonchev–Trinajstić information content (AvgIpc) is 2.70. The molecule has 1 atom stereocenters. The van der Waals surface area contributed by atoms with Crippen molar-refractivity contribution in [3.05, 3.63) is 68.9 Å². The van der Waals surface area contributed by atoms with Crippen LogP contribution in [0.25, 0.3) is 10.9 Å². The number of hydrogen-bond donors (Lipinski definition) is 0. The van der Waals surface area contributed by atoms with Gasteiger partial charge in [0, 0.05) is 17.1 Å². The van der Waals surface area contributed by atoms with Crippen molar-refractivity contribution < 1.29 is 23.4 Å². The monoisotopic (exact) mass is 464 g/mol. The van der Waals surface area contributed by atoms with Crippen LogP contribution in [0.5, 0.6) is 5.75 Å². The number of methoxy groups -OCH3 is 1. The number of esters is 1. The van der Waals surface area contributed by atoms with E-state index in [0.29, 0.717) is 15.4 Å². The molecule has 0 spiro atoms. The van der Waals surface area contributed by atoms with Crippen molar-refractivity contribution in [3.63, 3.8) is 0 Å². The Morgan fingerprint density at radius 2 is 2.07 bits per heavy atom. The number of nitrogens with zero attached hydrogens (tertiary/aromatic N) is 2. The van der Waals surface area contributed by atoms with Gasteiger partial charge in [0.2, 0.25) is 0 Å². The van der Waals surface area contributed by atoms with Crippen LogP contribution in [0.4, 0.5) is 4.39 Å². The number of rotatable bonds is 7. The summed E-state index contributed by atoms with van der Waals surface area (Å²) in [6.07, 6.45) is 1.24. The minimum absolute atomic E-state index is 0.0836. The van der Waals surface area contributed by atoms with E-state index in [4.69, 9.17) is 14.2 Å². The third-order valence-electron chi connectivity index (χ3n) is 4.13. The molecule has 0 saturated carbocycles. The predicted molar refractivity (Wildman–Crippen MR) is 107 cm³/mol. The lowest BCUT2D eigenvalue weighted by Gasteiger charge is -2.21. The smallest absolute Gasteiger partial charge is 0.334 e. The molecule has 0 aliphatic heterocycles. The molecule has 1 heterocycles. The lowest BCUT2D eigenvalue weighted by Crippen LogP contribution is -2.32. The lowest BCUT2D eigenvalue weighted by molar-refractivity contribution is -0.145. The first-order valence-corrected chi connectivity index (χ1v) is 9.49. The second-order valence-corrected chi connectivity index (χ2v) is 6.92. The van der Waals surface area contributed by atoms with E-state index < -0.39 is 23.4 Å². The molecule has 1 aromatic heterocycles. The maximum Gasteiger partial charge on any atom is 0.334 e. The SMILES string of the molecule is CCOC(=O)C(c1cc(F)ccc1OCOC)n1cnc2ccc(Br)cc2c1=O. The molecule has 2 aromatic carbocycles. The molecule has 1 unspecified atom stereocenters. The standard InChI is InChI=1S/C20H18BrFN2O5/c1-3-28-20(26)18(15-9-13(22)5-7-17(15)29-11-27-2)24-10-23-16-6-4-12(21)8-14(16)19(24)25/h4-10,18H,3,11H2,1-2H3. The summed E-state index contributed by atoms with van der Waals surface area (Å²) in [4.78, 5) is 30.2. The maximum absolute atomic E-state index is 14.1. The van der Waals surface area contributed by atoms with Gasteiger partial charge in [-0.1, -0.05) is 15.9 Å². The van der Waals surface area contributed by atoms with Crippen LogP contribution in [0.2, 0.25) is 0 Å². The number of carbonyl (C=O) groups is 1. The fraction of sp³-hybridized carbons (Fsp3) is 0.250. The Balaban J connectivity index is 2.24.